The van der Waals surface area contributed by atoms with Crippen LogP contribution >= 0.6 is 23.4 Å². The van der Waals surface area contributed by atoms with E-state index in [1.807, 2.05) is 6.07 Å². The van der Waals surface area contributed by atoms with Crippen molar-refractivity contribution < 1.29 is 23.9 Å². The van der Waals surface area contributed by atoms with Crippen molar-refractivity contribution in [2.45, 2.75) is 4.90 Å². The van der Waals surface area contributed by atoms with E-state index in [2.05, 4.69) is 10.6 Å². The molecule has 9 heteroatoms. The van der Waals surface area contributed by atoms with Gasteiger partial charge in [0.15, 0.2) is 17.3 Å². The maximum absolute atomic E-state index is 13.4. The zero-order valence-corrected chi connectivity index (χ0v) is 23.9. The molecule has 0 unspecified atom stereocenters. The van der Waals surface area contributed by atoms with Crippen molar-refractivity contribution in [2.75, 3.05) is 25.3 Å². The summed E-state index contributed by atoms with van der Waals surface area (Å²) >= 11 is 7.26. The Bertz CT molecular complexity index is 1570. The van der Waals surface area contributed by atoms with Gasteiger partial charge in [-0.1, -0.05) is 41.9 Å². The summed E-state index contributed by atoms with van der Waals surface area (Å²) in [5, 5.41) is 6.14. The maximum atomic E-state index is 13.4. The first kappa shape index (κ1) is 29.5. The Morgan fingerprint density at radius 1 is 0.805 bits per heavy atom. The van der Waals surface area contributed by atoms with Crippen molar-refractivity contribution in [2.24, 2.45) is 0 Å². The lowest BCUT2D eigenvalue weighted by Crippen LogP contribution is -2.30. The van der Waals surface area contributed by atoms with Gasteiger partial charge in [-0.25, -0.2) is 0 Å². The third kappa shape index (κ3) is 8.23. The Labute approximate surface area is 247 Å². The lowest BCUT2D eigenvalue weighted by atomic mass is 10.1. The topological polar surface area (TPSA) is 93.7 Å². The van der Waals surface area contributed by atoms with Gasteiger partial charge in [-0.05, 0) is 78.4 Å². The number of hydrogen-bond acceptors (Lipinski definition) is 6. The normalized spacial score (nSPS) is 11.0. The molecule has 0 spiro atoms. The number of nitrogens with one attached hydrogen (secondary N) is 2. The minimum Gasteiger partial charge on any atom is -0.493 e. The number of halogens is 1. The molecule has 4 aromatic carbocycles. The fourth-order valence-electron chi connectivity index (χ4n) is 3.78. The van der Waals surface area contributed by atoms with E-state index in [0.29, 0.717) is 38.9 Å². The van der Waals surface area contributed by atoms with Crippen LogP contribution in [0.15, 0.2) is 108 Å². The highest BCUT2D eigenvalue weighted by molar-refractivity contribution is 8.00. The van der Waals surface area contributed by atoms with Crippen molar-refractivity contribution in [1.82, 2.24) is 5.32 Å². The third-order valence-electron chi connectivity index (χ3n) is 5.88. The highest BCUT2D eigenvalue weighted by atomic mass is 35.5. The number of amides is 2. The van der Waals surface area contributed by atoms with E-state index in [0.717, 1.165) is 4.90 Å². The lowest BCUT2D eigenvalue weighted by Gasteiger charge is -2.13. The maximum Gasteiger partial charge on any atom is 0.272 e. The first-order valence-corrected chi connectivity index (χ1v) is 13.9. The van der Waals surface area contributed by atoms with Gasteiger partial charge < -0.3 is 20.1 Å². The molecule has 41 heavy (non-hydrogen) atoms. The molecule has 0 bridgehead atoms. The SMILES string of the molecule is COc1ccc(/C=C(\NC(=O)c2ccccc2)C(=O)Nc2cccc(SCC(=O)c3ccc(Cl)cc3)c2)cc1OC. The van der Waals surface area contributed by atoms with Gasteiger partial charge in [-0.15, -0.1) is 11.8 Å². The first-order chi connectivity index (χ1) is 19.9. The highest BCUT2D eigenvalue weighted by Gasteiger charge is 2.16. The summed E-state index contributed by atoms with van der Waals surface area (Å²) in [4.78, 5) is 39.7. The Balaban J connectivity index is 1.53. The van der Waals surface area contributed by atoms with Crippen LogP contribution in [-0.2, 0) is 4.79 Å². The van der Waals surface area contributed by atoms with Crippen molar-refractivity contribution in [3.8, 4) is 11.5 Å². The van der Waals surface area contributed by atoms with Crippen LogP contribution in [0.5, 0.6) is 11.5 Å². The van der Waals surface area contributed by atoms with E-state index < -0.39 is 11.8 Å². The average molecular weight is 587 g/mol. The average Bonchev–Trinajstić information content (AvgIpc) is 3.00. The number of ketones is 1. The Kier molecular flexibility index (Phi) is 10.2. The molecule has 2 amide bonds. The van der Waals surface area contributed by atoms with E-state index in [-0.39, 0.29) is 17.2 Å². The molecule has 0 aliphatic rings. The highest BCUT2D eigenvalue weighted by Crippen LogP contribution is 2.29. The molecule has 0 aromatic heterocycles. The van der Waals surface area contributed by atoms with E-state index in [1.165, 1.54) is 26.0 Å². The molecule has 0 saturated heterocycles. The monoisotopic (exact) mass is 586 g/mol. The minimum atomic E-state index is -0.525. The second-order valence-corrected chi connectivity index (χ2v) is 10.2. The van der Waals surface area contributed by atoms with E-state index in [4.69, 9.17) is 21.1 Å². The summed E-state index contributed by atoms with van der Waals surface area (Å²) in [7, 11) is 3.05. The van der Waals surface area contributed by atoms with Crippen molar-refractivity contribution in [3.05, 3.63) is 124 Å². The lowest BCUT2D eigenvalue weighted by molar-refractivity contribution is -0.113. The number of thioether (sulfide) groups is 1. The number of carbonyl (C=O) groups excluding carboxylic acids is 3. The van der Waals surface area contributed by atoms with Gasteiger partial charge in [-0.3, -0.25) is 14.4 Å². The number of benzene rings is 4. The van der Waals surface area contributed by atoms with Gasteiger partial charge in [-0.2, -0.15) is 0 Å². The van der Waals surface area contributed by atoms with Crippen LogP contribution in [0.25, 0.3) is 6.08 Å². The third-order valence-corrected chi connectivity index (χ3v) is 7.12. The summed E-state index contributed by atoms with van der Waals surface area (Å²) in [5.74, 6) is 0.239. The predicted octanol–water partition coefficient (Wildman–Crippen LogP) is 6.74. The largest absolute Gasteiger partial charge is 0.493 e. The summed E-state index contributed by atoms with van der Waals surface area (Å²) < 4.78 is 10.7. The van der Waals surface area contributed by atoms with Gasteiger partial charge in [0.1, 0.15) is 5.70 Å². The number of carbonyl (C=O) groups is 3. The Morgan fingerprint density at radius 2 is 1.54 bits per heavy atom. The van der Waals surface area contributed by atoms with E-state index in [1.54, 1.807) is 97.1 Å². The molecule has 0 atom stereocenters. The molecule has 208 valence electrons. The molecule has 4 rings (SSSR count). The van der Waals surface area contributed by atoms with Crippen LogP contribution in [0, 0.1) is 0 Å². The van der Waals surface area contributed by atoms with Crippen LogP contribution in [0.4, 0.5) is 5.69 Å². The predicted molar refractivity (Wildman–Crippen MR) is 163 cm³/mol. The minimum absolute atomic E-state index is 0.0297. The number of rotatable bonds is 11. The van der Waals surface area contributed by atoms with Crippen molar-refractivity contribution >= 4 is 52.7 Å². The molecule has 0 saturated carbocycles. The molecule has 7 nitrogen and oxygen atoms in total. The van der Waals surface area contributed by atoms with Gasteiger partial charge in [0.25, 0.3) is 11.8 Å². The van der Waals surface area contributed by atoms with Gasteiger partial charge in [0.2, 0.25) is 0 Å². The Hall–Kier alpha value is -4.53. The van der Waals surface area contributed by atoms with Gasteiger partial charge >= 0.3 is 0 Å². The van der Waals surface area contributed by atoms with Crippen LogP contribution in [-0.4, -0.2) is 37.6 Å². The molecule has 2 N–H and O–H groups in total. The molecule has 0 fully saturated rings. The molecule has 0 radical (unpaired) electrons. The molecule has 4 aromatic rings. The van der Waals surface area contributed by atoms with Crippen LogP contribution in [0.1, 0.15) is 26.3 Å². The quantitative estimate of drug-likeness (QED) is 0.115. The molecular formula is C32H27ClN2O5S. The number of Topliss-reactive ketones (excluding diaryl/α,β-unsaturated/α-hetero) is 1. The zero-order valence-electron chi connectivity index (χ0n) is 22.3. The van der Waals surface area contributed by atoms with Gasteiger partial charge in [0.05, 0.1) is 20.0 Å². The fraction of sp³-hybridized carbons (Fsp3) is 0.0938. The van der Waals surface area contributed by atoms with Crippen molar-refractivity contribution in [3.63, 3.8) is 0 Å². The van der Waals surface area contributed by atoms with Crippen LogP contribution in [0.2, 0.25) is 5.02 Å². The Morgan fingerprint density at radius 3 is 2.24 bits per heavy atom. The van der Waals surface area contributed by atoms with Crippen LogP contribution in [0.3, 0.4) is 0 Å². The number of methoxy groups -OCH3 is 2. The van der Waals surface area contributed by atoms with Gasteiger partial charge in [0, 0.05) is 26.7 Å². The second-order valence-electron chi connectivity index (χ2n) is 8.69. The summed E-state index contributed by atoms with van der Waals surface area (Å²) in [5.41, 5.74) is 2.13. The first-order valence-electron chi connectivity index (χ1n) is 12.5. The zero-order chi connectivity index (χ0) is 29.2. The number of anilines is 1. The summed E-state index contributed by atoms with van der Waals surface area (Å²) in [6.07, 6.45) is 1.56. The van der Waals surface area contributed by atoms with E-state index in [9.17, 15) is 14.4 Å². The number of ether oxygens (including phenoxy) is 2. The standard InChI is InChI=1S/C32H27ClN2O5S/c1-39-29-16-11-21(18-30(29)40-2)17-27(35-31(37)23-7-4-3-5-8-23)32(38)34-25-9-6-10-26(19-25)41-20-28(36)22-12-14-24(33)15-13-22/h3-19H,20H2,1-2H3,(H,34,38)(H,35,37)/b27-17-. The molecule has 0 aliphatic carbocycles. The molecule has 0 heterocycles. The number of hydrogen-bond donors (Lipinski definition) is 2. The van der Waals surface area contributed by atoms with Crippen LogP contribution < -0.4 is 20.1 Å². The smallest absolute Gasteiger partial charge is 0.272 e. The van der Waals surface area contributed by atoms with Crippen molar-refractivity contribution in [1.29, 1.82) is 0 Å². The summed E-state index contributed by atoms with van der Waals surface area (Å²) in [6.45, 7) is 0. The molecular weight excluding hydrogens is 560 g/mol. The second kappa shape index (κ2) is 14.2. The molecule has 0 aliphatic heterocycles. The summed E-state index contributed by atoms with van der Waals surface area (Å²) in [6, 6.07) is 27.7. The fourth-order valence-corrected chi connectivity index (χ4v) is 4.76. The van der Waals surface area contributed by atoms with E-state index >= 15 is 0 Å².